The van der Waals surface area contributed by atoms with Crippen LogP contribution in [0, 0.1) is 0 Å². The second kappa shape index (κ2) is 7.08. The van der Waals surface area contributed by atoms with Gasteiger partial charge in [-0.05, 0) is 58.3 Å². The number of rotatable bonds is 3. The molecular weight excluding hydrogens is 376 g/mol. The van der Waals surface area contributed by atoms with E-state index in [4.69, 9.17) is 9.15 Å². The number of phenols is 1. The van der Waals surface area contributed by atoms with E-state index >= 15 is 0 Å². The fourth-order valence-electron chi connectivity index (χ4n) is 3.78. The van der Waals surface area contributed by atoms with Crippen molar-refractivity contribution in [2.24, 2.45) is 0 Å². The molecule has 1 N–H and O–H groups in total. The van der Waals surface area contributed by atoms with Gasteiger partial charge in [-0.3, -0.25) is 4.79 Å². The fourth-order valence-corrected chi connectivity index (χ4v) is 3.78. The van der Waals surface area contributed by atoms with Crippen molar-refractivity contribution in [2.75, 3.05) is 7.11 Å². The van der Waals surface area contributed by atoms with Crippen LogP contribution in [0.1, 0.15) is 0 Å². The standard InChI is InChI=1S/C26H18O4/c1-29-19-11-9-16(10-12-19)20-13-17-5-2-3-6-18(17)14-21(20)25-15-23(28)26-22(27)7-4-8-24(26)30-25/h2-15,27H,1H3. The lowest BCUT2D eigenvalue weighted by molar-refractivity contribution is 0.415. The molecule has 0 spiro atoms. The first-order chi connectivity index (χ1) is 14.6. The predicted octanol–water partition coefficient (Wildman–Crippen LogP) is 5.99. The van der Waals surface area contributed by atoms with Crippen molar-refractivity contribution in [3.05, 3.63) is 95.2 Å². The number of aromatic hydroxyl groups is 1. The van der Waals surface area contributed by atoms with Gasteiger partial charge in [0.1, 0.15) is 28.2 Å². The topological polar surface area (TPSA) is 59.7 Å². The van der Waals surface area contributed by atoms with E-state index in [0.29, 0.717) is 11.3 Å². The van der Waals surface area contributed by atoms with Crippen LogP contribution in [0.4, 0.5) is 0 Å². The molecule has 0 unspecified atom stereocenters. The lowest BCUT2D eigenvalue weighted by Crippen LogP contribution is -2.01. The SMILES string of the molecule is COc1ccc(-c2cc3ccccc3cc2-c2cc(=O)c3c(O)cccc3o2)cc1. The van der Waals surface area contributed by atoms with Crippen LogP contribution in [-0.4, -0.2) is 12.2 Å². The third-order valence-corrected chi connectivity index (χ3v) is 5.29. The van der Waals surface area contributed by atoms with Gasteiger partial charge in [0.2, 0.25) is 0 Å². The van der Waals surface area contributed by atoms with Crippen molar-refractivity contribution in [2.45, 2.75) is 0 Å². The van der Waals surface area contributed by atoms with Crippen LogP contribution in [0.3, 0.4) is 0 Å². The molecule has 0 aliphatic heterocycles. The lowest BCUT2D eigenvalue weighted by Gasteiger charge is -2.13. The highest BCUT2D eigenvalue weighted by molar-refractivity contribution is 5.96. The number of fused-ring (bicyclic) bond motifs is 2. The molecule has 5 aromatic rings. The zero-order valence-electron chi connectivity index (χ0n) is 16.3. The Bertz CT molecular complexity index is 1450. The van der Waals surface area contributed by atoms with Crippen molar-refractivity contribution in [1.29, 1.82) is 0 Å². The zero-order valence-corrected chi connectivity index (χ0v) is 16.3. The molecule has 0 saturated heterocycles. The summed E-state index contributed by atoms with van der Waals surface area (Å²) in [6, 6.07) is 26.2. The molecule has 4 aromatic carbocycles. The molecule has 4 heteroatoms. The van der Waals surface area contributed by atoms with Gasteiger partial charge in [-0.2, -0.15) is 0 Å². The summed E-state index contributed by atoms with van der Waals surface area (Å²) in [6.45, 7) is 0. The van der Waals surface area contributed by atoms with Crippen molar-refractivity contribution >= 4 is 21.7 Å². The largest absolute Gasteiger partial charge is 0.507 e. The van der Waals surface area contributed by atoms with Gasteiger partial charge < -0.3 is 14.3 Å². The van der Waals surface area contributed by atoms with Crippen LogP contribution >= 0.6 is 0 Å². The van der Waals surface area contributed by atoms with Gasteiger partial charge >= 0.3 is 0 Å². The van der Waals surface area contributed by atoms with Crippen LogP contribution in [0.5, 0.6) is 11.5 Å². The average molecular weight is 394 g/mol. The number of methoxy groups -OCH3 is 1. The monoisotopic (exact) mass is 394 g/mol. The molecule has 146 valence electrons. The molecule has 0 aliphatic carbocycles. The van der Waals surface area contributed by atoms with E-state index in [9.17, 15) is 9.90 Å². The summed E-state index contributed by atoms with van der Waals surface area (Å²) in [5.41, 5.74) is 2.81. The molecule has 1 heterocycles. The lowest BCUT2D eigenvalue weighted by atomic mass is 9.94. The van der Waals surface area contributed by atoms with E-state index in [0.717, 1.165) is 33.2 Å². The first-order valence-corrected chi connectivity index (χ1v) is 9.57. The molecule has 0 aliphatic rings. The van der Waals surface area contributed by atoms with Crippen LogP contribution in [0.2, 0.25) is 0 Å². The number of hydrogen-bond acceptors (Lipinski definition) is 4. The van der Waals surface area contributed by atoms with Gasteiger partial charge in [0, 0.05) is 11.6 Å². The Morgan fingerprint density at radius 1 is 0.800 bits per heavy atom. The Morgan fingerprint density at radius 3 is 2.20 bits per heavy atom. The molecular formula is C26H18O4. The number of ether oxygens (including phenoxy) is 1. The number of phenolic OH excluding ortho intramolecular Hbond substituents is 1. The van der Waals surface area contributed by atoms with Gasteiger partial charge in [-0.15, -0.1) is 0 Å². The molecule has 0 bridgehead atoms. The molecule has 1 aromatic heterocycles. The van der Waals surface area contributed by atoms with E-state index in [1.54, 1.807) is 19.2 Å². The second-order valence-corrected chi connectivity index (χ2v) is 7.10. The Morgan fingerprint density at radius 2 is 1.50 bits per heavy atom. The smallest absolute Gasteiger partial charge is 0.197 e. The second-order valence-electron chi connectivity index (χ2n) is 7.10. The Kier molecular flexibility index (Phi) is 4.25. The molecule has 5 rings (SSSR count). The minimum absolute atomic E-state index is 0.0818. The molecule has 30 heavy (non-hydrogen) atoms. The van der Waals surface area contributed by atoms with Crippen LogP contribution in [-0.2, 0) is 0 Å². The summed E-state index contributed by atoms with van der Waals surface area (Å²) >= 11 is 0. The van der Waals surface area contributed by atoms with Crippen LogP contribution in [0.15, 0.2) is 94.1 Å². The molecule has 0 radical (unpaired) electrons. The quantitative estimate of drug-likeness (QED) is 0.408. The maximum atomic E-state index is 12.8. The van der Waals surface area contributed by atoms with Crippen molar-refractivity contribution in [1.82, 2.24) is 0 Å². The van der Waals surface area contributed by atoms with E-state index < -0.39 is 0 Å². The zero-order chi connectivity index (χ0) is 20.7. The highest BCUT2D eigenvalue weighted by Crippen LogP contribution is 2.37. The third-order valence-electron chi connectivity index (χ3n) is 5.29. The summed E-state index contributed by atoms with van der Waals surface area (Å²) in [7, 11) is 1.63. The Hall–Kier alpha value is -4.05. The van der Waals surface area contributed by atoms with Gasteiger partial charge in [-0.1, -0.05) is 42.5 Å². The first kappa shape index (κ1) is 18.0. The summed E-state index contributed by atoms with van der Waals surface area (Å²) in [5, 5.41) is 12.4. The summed E-state index contributed by atoms with van der Waals surface area (Å²) in [6.07, 6.45) is 0. The van der Waals surface area contributed by atoms with Gasteiger partial charge in [0.05, 0.1) is 7.11 Å². The van der Waals surface area contributed by atoms with E-state index in [1.807, 2.05) is 48.5 Å². The molecule has 0 saturated carbocycles. The van der Waals surface area contributed by atoms with Gasteiger partial charge in [0.25, 0.3) is 0 Å². The van der Waals surface area contributed by atoms with E-state index in [2.05, 4.69) is 12.1 Å². The summed E-state index contributed by atoms with van der Waals surface area (Å²) < 4.78 is 11.4. The average Bonchev–Trinajstić information content (AvgIpc) is 2.78. The maximum absolute atomic E-state index is 12.8. The van der Waals surface area contributed by atoms with Crippen LogP contribution < -0.4 is 10.2 Å². The number of hydrogen-bond donors (Lipinski definition) is 1. The summed E-state index contributed by atoms with van der Waals surface area (Å²) in [5.74, 6) is 1.14. The van der Waals surface area contributed by atoms with E-state index in [-0.39, 0.29) is 16.6 Å². The van der Waals surface area contributed by atoms with Crippen molar-refractivity contribution < 1.29 is 14.3 Å². The Labute approximate surface area is 172 Å². The minimum atomic E-state index is -0.279. The fraction of sp³-hybridized carbons (Fsp3) is 0.0385. The normalized spacial score (nSPS) is 11.1. The van der Waals surface area contributed by atoms with Gasteiger partial charge in [-0.25, -0.2) is 0 Å². The highest BCUT2D eigenvalue weighted by Gasteiger charge is 2.15. The third kappa shape index (κ3) is 2.99. The van der Waals surface area contributed by atoms with Crippen molar-refractivity contribution in [3.63, 3.8) is 0 Å². The molecule has 4 nitrogen and oxygen atoms in total. The molecule has 0 fully saturated rings. The highest BCUT2D eigenvalue weighted by atomic mass is 16.5. The minimum Gasteiger partial charge on any atom is -0.507 e. The molecule has 0 amide bonds. The van der Waals surface area contributed by atoms with Gasteiger partial charge in [0.15, 0.2) is 5.43 Å². The predicted molar refractivity (Wildman–Crippen MR) is 119 cm³/mol. The van der Waals surface area contributed by atoms with Crippen LogP contribution in [0.25, 0.3) is 44.2 Å². The van der Waals surface area contributed by atoms with E-state index in [1.165, 1.54) is 12.1 Å². The number of benzene rings is 4. The first-order valence-electron chi connectivity index (χ1n) is 9.57. The van der Waals surface area contributed by atoms with Crippen molar-refractivity contribution in [3.8, 4) is 33.9 Å². The summed E-state index contributed by atoms with van der Waals surface area (Å²) in [4.78, 5) is 12.8. The molecule has 0 atom stereocenters. The Balaban J connectivity index is 1.81. The maximum Gasteiger partial charge on any atom is 0.197 e.